The lowest BCUT2D eigenvalue weighted by Crippen LogP contribution is -2.51. The number of nitrogens with one attached hydrogen (secondary N) is 2. The number of aliphatic hydroxyl groups is 1. The van der Waals surface area contributed by atoms with E-state index in [0.29, 0.717) is 0 Å². The number of urea groups is 1. The Hall–Kier alpha value is -1.60. The van der Waals surface area contributed by atoms with Gasteiger partial charge in [-0.15, -0.1) is 11.3 Å². The van der Waals surface area contributed by atoms with Crippen molar-refractivity contribution in [3.63, 3.8) is 0 Å². The molecule has 0 fully saturated rings. The standard InChI is InChI=1S/C13H18N2O4S/c1-7(16)11(12(17)18)15-13(19)14-9-3-2-4-10-8(9)5-6-20-10/h5-7,9,11,16H,2-4H2,1H3,(H,17,18)(H2,14,15,19). The molecule has 0 radical (unpaired) electrons. The summed E-state index contributed by atoms with van der Waals surface area (Å²) in [5.41, 5.74) is 1.11. The molecule has 2 amide bonds. The van der Waals surface area contributed by atoms with Crippen LogP contribution in [0.5, 0.6) is 0 Å². The Kier molecular flexibility index (Phi) is 4.61. The molecule has 0 spiro atoms. The number of carbonyl (C=O) groups is 2. The first-order valence-corrected chi connectivity index (χ1v) is 7.41. The number of aryl methyl sites for hydroxylation is 1. The van der Waals surface area contributed by atoms with Gasteiger partial charge in [0.25, 0.3) is 0 Å². The Morgan fingerprint density at radius 1 is 1.50 bits per heavy atom. The first kappa shape index (κ1) is 14.8. The highest BCUT2D eigenvalue weighted by Gasteiger charge is 2.27. The van der Waals surface area contributed by atoms with E-state index in [0.717, 1.165) is 24.8 Å². The quantitative estimate of drug-likeness (QED) is 0.672. The summed E-state index contributed by atoms with van der Waals surface area (Å²) in [7, 11) is 0. The van der Waals surface area contributed by atoms with Crippen molar-refractivity contribution >= 4 is 23.3 Å². The number of rotatable bonds is 4. The second-order valence-corrected chi connectivity index (χ2v) is 5.92. The Morgan fingerprint density at radius 2 is 2.25 bits per heavy atom. The highest BCUT2D eigenvalue weighted by atomic mass is 32.1. The SMILES string of the molecule is CC(O)C(NC(=O)NC1CCCc2sccc21)C(=O)O. The van der Waals surface area contributed by atoms with E-state index >= 15 is 0 Å². The molecular weight excluding hydrogens is 280 g/mol. The monoisotopic (exact) mass is 298 g/mol. The highest BCUT2D eigenvalue weighted by molar-refractivity contribution is 7.10. The van der Waals surface area contributed by atoms with E-state index in [9.17, 15) is 14.7 Å². The molecule has 1 aromatic heterocycles. The van der Waals surface area contributed by atoms with E-state index in [1.807, 2.05) is 11.4 Å². The fraction of sp³-hybridized carbons (Fsp3) is 0.538. The molecule has 2 rings (SSSR count). The molecule has 0 bridgehead atoms. The summed E-state index contributed by atoms with van der Waals surface area (Å²) >= 11 is 1.67. The summed E-state index contributed by atoms with van der Waals surface area (Å²) in [6.45, 7) is 1.33. The van der Waals surface area contributed by atoms with Crippen LogP contribution in [0.3, 0.4) is 0 Å². The lowest BCUT2D eigenvalue weighted by molar-refractivity contribution is -0.141. The second kappa shape index (κ2) is 6.23. The summed E-state index contributed by atoms with van der Waals surface area (Å²) in [5.74, 6) is -1.25. The number of hydrogen-bond donors (Lipinski definition) is 4. The van der Waals surface area contributed by atoms with E-state index < -0.39 is 24.1 Å². The van der Waals surface area contributed by atoms with Crippen LogP contribution in [0.2, 0.25) is 0 Å². The molecule has 0 saturated heterocycles. The van der Waals surface area contributed by atoms with E-state index in [2.05, 4.69) is 10.6 Å². The first-order valence-electron chi connectivity index (χ1n) is 6.53. The molecule has 1 aromatic rings. The van der Waals surface area contributed by atoms with Crippen LogP contribution in [-0.4, -0.2) is 34.4 Å². The van der Waals surface area contributed by atoms with E-state index in [-0.39, 0.29) is 6.04 Å². The molecule has 110 valence electrons. The molecule has 3 atom stereocenters. The van der Waals surface area contributed by atoms with Crippen LogP contribution in [0, 0.1) is 0 Å². The molecular formula is C13H18N2O4S. The Labute approximate surface area is 120 Å². The van der Waals surface area contributed by atoms with Crippen molar-refractivity contribution in [3.8, 4) is 0 Å². The molecule has 0 saturated carbocycles. The predicted molar refractivity (Wildman–Crippen MR) is 74.8 cm³/mol. The number of aliphatic hydroxyl groups excluding tert-OH is 1. The average Bonchev–Trinajstić information content (AvgIpc) is 2.84. The third kappa shape index (κ3) is 3.29. The van der Waals surface area contributed by atoms with Gasteiger partial charge in [0, 0.05) is 4.88 Å². The topological polar surface area (TPSA) is 98.7 Å². The normalized spacial score (nSPS) is 20.6. The van der Waals surface area contributed by atoms with Crippen molar-refractivity contribution in [2.24, 2.45) is 0 Å². The van der Waals surface area contributed by atoms with Crippen molar-refractivity contribution in [2.45, 2.75) is 44.4 Å². The van der Waals surface area contributed by atoms with Crippen LogP contribution < -0.4 is 10.6 Å². The third-order valence-electron chi connectivity index (χ3n) is 3.39. The van der Waals surface area contributed by atoms with Gasteiger partial charge in [0.1, 0.15) is 0 Å². The van der Waals surface area contributed by atoms with Gasteiger partial charge in [0.05, 0.1) is 12.1 Å². The zero-order chi connectivity index (χ0) is 14.7. The Bertz CT molecular complexity index is 500. The lowest BCUT2D eigenvalue weighted by Gasteiger charge is -2.25. The Balaban J connectivity index is 1.98. The number of carboxylic acid groups (broad SMARTS) is 1. The van der Waals surface area contributed by atoms with Gasteiger partial charge in [-0.2, -0.15) is 0 Å². The van der Waals surface area contributed by atoms with Crippen LogP contribution in [0.15, 0.2) is 11.4 Å². The largest absolute Gasteiger partial charge is 0.480 e. The van der Waals surface area contributed by atoms with E-state index in [1.54, 1.807) is 11.3 Å². The molecule has 20 heavy (non-hydrogen) atoms. The minimum absolute atomic E-state index is 0.0894. The Morgan fingerprint density at radius 3 is 2.90 bits per heavy atom. The fourth-order valence-electron chi connectivity index (χ4n) is 2.37. The van der Waals surface area contributed by atoms with Crippen LogP contribution in [0.4, 0.5) is 4.79 Å². The second-order valence-electron chi connectivity index (χ2n) is 4.92. The van der Waals surface area contributed by atoms with Crippen LogP contribution in [0.1, 0.15) is 36.2 Å². The lowest BCUT2D eigenvalue weighted by atomic mass is 9.94. The number of thiophene rings is 1. The molecule has 1 heterocycles. The zero-order valence-corrected chi connectivity index (χ0v) is 11.9. The maximum Gasteiger partial charge on any atom is 0.328 e. The van der Waals surface area contributed by atoms with Crippen molar-refractivity contribution in [1.82, 2.24) is 10.6 Å². The third-order valence-corrected chi connectivity index (χ3v) is 4.39. The molecule has 1 aliphatic rings. The summed E-state index contributed by atoms with van der Waals surface area (Å²) in [6, 6.07) is 0.0318. The maximum absolute atomic E-state index is 11.9. The van der Waals surface area contributed by atoms with Gasteiger partial charge < -0.3 is 20.8 Å². The number of amides is 2. The smallest absolute Gasteiger partial charge is 0.328 e. The van der Waals surface area contributed by atoms with Crippen molar-refractivity contribution < 1.29 is 19.8 Å². The maximum atomic E-state index is 11.9. The van der Waals surface area contributed by atoms with Crippen molar-refractivity contribution in [3.05, 3.63) is 21.9 Å². The van der Waals surface area contributed by atoms with Crippen LogP contribution in [-0.2, 0) is 11.2 Å². The van der Waals surface area contributed by atoms with Gasteiger partial charge in [-0.3, -0.25) is 0 Å². The van der Waals surface area contributed by atoms with Gasteiger partial charge in [-0.05, 0) is 43.2 Å². The van der Waals surface area contributed by atoms with E-state index in [1.165, 1.54) is 11.8 Å². The molecule has 6 nitrogen and oxygen atoms in total. The fourth-order valence-corrected chi connectivity index (χ4v) is 3.35. The molecule has 0 aliphatic heterocycles. The molecule has 1 aliphatic carbocycles. The van der Waals surface area contributed by atoms with Crippen molar-refractivity contribution in [1.29, 1.82) is 0 Å². The minimum atomic E-state index is -1.31. The number of carbonyl (C=O) groups excluding carboxylic acids is 1. The van der Waals surface area contributed by atoms with Crippen LogP contribution >= 0.6 is 11.3 Å². The number of carboxylic acids is 1. The first-order chi connectivity index (χ1) is 9.49. The number of fused-ring (bicyclic) bond motifs is 1. The van der Waals surface area contributed by atoms with Crippen LogP contribution in [0.25, 0.3) is 0 Å². The summed E-state index contributed by atoms with van der Waals surface area (Å²) in [5, 5.41) is 25.3. The number of aliphatic carboxylic acids is 1. The molecule has 0 aromatic carbocycles. The summed E-state index contributed by atoms with van der Waals surface area (Å²) in [4.78, 5) is 24.1. The molecule has 4 N–H and O–H groups in total. The summed E-state index contributed by atoms with van der Waals surface area (Å²) < 4.78 is 0. The van der Waals surface area contributed by atoms with Gasteiger partial charge >= 0.3 is 12.0 Å². The average molecular weight is 298 g/mol. The van der Waals surface area contributed by atoms with E-state index in [4.69, 9.17) is 5.11 Å². The minimum Gasteiger partial charge on any atom is -0.480 e. The van der Waals surface area contributed by atoms with Gasteiger partial charge in [0.15, 0.2) is 6.04 Å². The predicted octanol–water partition coefficient (Wildman–Crippen LogP) is 1.26. The molecule has 7 heteroatoms. The molecule has 3 unspecified atom stereocenters. The highest BCUT2D eigenvalue weighted by Crippen LogP contribution is 2.33. The van der Waals surface area contributed by atoms with Gasteiger partial charge in [-0.1, -0.05) is 0 Å². The van der Waals surface area contributed by atoms with Gasteiger partial charge in [0.2, 0.25) is 0 Å². The van der Waals surface area contributed by atoms with Crippen molar-refractivity contribution in [2.75, 3.05) is 0 Å². The zero-order valence-electron chi connectivity index (χ0n) is 11.1. The number of hydrogen-bond acceptors (Lipinski definition) is 4. The summed E-state index contributed by atoms with van der Waals surface area (Å²) in [6.07, 6.45) is 1.71. The van der Waals surface area contributed by atoms with Gasteiger partial charge in [-0.25, -0.2) is 9.59 Å².